The van der Waals surface area contributed by atoms with Gasteiger partial charge in [-0.05, 0) is 42.9 Å². The summed E-state index contributed by atoms with van der Waals surface area (Å²) in [5.41, 5.74) is 1.28. The number of hydrogen-bond acceptors (Lipinski definition) is 4. The quantitative estimate of drug-likeness (QED) is 0.822. The van der Waals surface area contributed by atoms with Crippen LogP contribution in [0.5, 0.6) is 5.75 Å². The monoisotopic (exact) mass is 349 g/mol. The van der Waals surface area contributed by atoms with Gasteiger partial charge in [-0.15, -0.1) is 0 Å². The molecule has 0 aliphatic heterocycles. The van der Waals surface area contributed by atoms with Crippen molar-refractivity contribution in [2.45, 2.75) is 51.2 Å². The van der Waals surface area contributed by atoms with E-state index in [4.69, 9.17) is 9.47 Å². The molecule has 1 amide bonds. The summed E-state index contributed by atoms with van der Waals surface area (Å²) in [6, 6.07) is 8.10. The van der Waals surface area contributed by atoms with Crippen LogP contribution in [-0.2, 0) is 9.53 Å². The van der Waals surface area contributed by atoms with E-state index in [2.05, 4.69) is 26.0 Å². The van der Waals surface area contributed by atoms with Crippen molar-refractivity contribution in [3.05, 3.63) is 29.8 Å². The molecule has 1 N–H and O–H groups in total. The molecule has 1 aliphatic carbocycles. The zero-order valence-corrected chi connectivity index (χ0v) is 15.8. The highest BCUT2D eigenvalue weighted by Gasteiger charge is 2.34. The second-order valence-electron chi connectivity index (χ2n) is 7.18. The molecule has 5 heteroatoms. The second-order valence-corrected chi connectivity index (χ2v) is 7.18. The van der Waals surface area contributed by atoms with E-state index in [1.807, 2.05) is 12.1 Å². The lowest BCUT2D eigenvalue weighted by Gasteiger charge is -2.33. The number of aliphatic hydroxyl groups is 1. The summed E-state index contributed by atoms with van der Waals surface area (Å²) in [6.07, 6.45) is 1.20. The molecule has 0 spiro atoms. The van der Waals surface area contributed by atoms with Crippen LogP contribution in [0.3, 0.4) is 0 Å². The molecule has 5 nitrogen and oxygen atoms in total. The summed E-state index contributed by atoms with van der Waals surface area (Å²) in [6.45, 7) is 5.33. The van der Waals surface area contributed by atoms with Crippen molar-refractivity contribution in [2.24, 2.45) is 5.92 Å². The SMILES string of the molecule is CO[C@@H]1C[C@H](C(=O)N(C)CCOc2ccc(C(C)C)cc2)CC[C@@H]1O. The fourth-order valence-corrected chi connectivity index (χ4v) is 3.26. The lowest BCUT2D eigenvalue weighted by molar-refractivity contribution is -0.139. The van der Waals surface area contributed by atoms with E-state index in [-0.39, 0.29) is 17.9 Å². The van der Waals surface area contributed by atoms with E-state index in [9.17, 15) is 9.90 Å². The highest BCUT2D eigenvalue weighted by molar-refractivity contribution is 5.78. The van der Waals surface area contributed by atoms with Crippen molar-refractivity contribution in [2.75, 3.05) is 27.3 Å². The van der Waals surface area contributed by atoms with Gasteiger partial charge in [0, 0.05) is 20.1 Å². The summed E-state index contributed by atoms with van der Waals surface area (Å²) in [5.74, 6) is 1.35. The maximum absolute atomic E-state index is 12.6. The standard InChI is InChI=1S/C20H31NO4/c1-14(2)15-5-8-17(9-6-15)25-12-11-21(3)20(23)16-7-10-18(22)19(13-16)24-4/h5-6,8-9,14,16,18-19,22H,7,10-13H2,1-4H3/t16-,18+,19-/m1/s1. The van der Waals surface area contributed by atoms with E-state index < -0.39 is 6.10 Å². The third-order valence-corrected chi connectivity index (χ3v) is 5.03. The number of rotatable bonds is 7. The molecular formula is C20H31NO4. The molecule has 0 heterocycles. The smallest absolute Gasteiger partial charge is 0.225 e. The van der Waals surface area contributed by atoms with Gasteiger partial charge in [0.05, 0.1) is 18.8 Å². The Morgan fingerprint density at radius 1 is 1.28 bits per heavy atom. The Morgan fingerprint density at radius 2 is 1.96 bits per heavy atom. The number of ether oxygens (including phenoxy) is 2. The summed E-state index contributed by atoms with van der Waals surface area (Å²) in [7, 11) is 3.39. The Kier molecular flexibility index (Phi) is 7.26. The number of hydrogen-bond donors (Lipinski definition) is 1. The Hall–Kier alpha value is -1.59. The van der Waals surface area contributed by atoms with Gasteiger partial charge in [-0.25, -0.2) is 0 Å². The number of amides is 1. The summed E-state index contributed by atoms with van der Waals surface area (Å²) in [4.78, 5) is 14.3. The minimum atomic E-state index is -0.462. The molecule has 1 aromatic carbocycles. The van der Waals surface area contributed by atoms with Crippen LogP contribution in [0.1, 0.15) is 44.6 Å². The Labute approximate surface area is 150 Å². The topological polar surface area (TPSA) is 59.0 Å². The number of carbonyl (C=O) groups is 1. The van der Waals surface area contributed by atoms with E-state index in [1.54, 1.807) is 19.1 Å². The fourth-order valence-electron chi connectivity index (χ4n) is 3.26. The van der Waals surface area contributed by atoms with Gasteiger partial charge >= 0.3 is 0 Å². The van der Waals surface area contributed by atoms with Gasteiger partial charge in [0.15, 0.2) is 0 Å². The van der Waals surface area contributed by atoms with Crippen molar-refractivity contribution in [1.29, 1.82) is 0 Å². The predicted octanol–water partition coefficient (Wildman–Crippen LogP) is 2.82. The van der Waals surface area contributed by atoms with Crippen LogP contribution in [0, 0.1) is 5.92 Å². The third-order valence-electron chi connectivity index (χ3n) is 5.03. The van der Waals surface area contributed by atoms with Gasteiger partial charge < -0.3 is 19.5 Å². The number of likely N-dealkylation sites (N-methyl/N-ethyl adjacent to an activating group) is 1. The Bertz CT molecular complexity index is 543. The van der Waals surface area contributed by atoms with Crippen molar-refractivity contribution in [3.8, 4) is 5.75 Å². The van der Waals surface area contributed by atoms with Crippen LogP contribution >= 0.6 is 0 Å². The first-order valence-electron chi connectivity index (χ1n) is 9.11. The van der Waals surface area contributed by atoms with E-state index in [0.29, 0.717) is 38.3 Å². The molecule has 0 saturated heterocycles. The zero-order valence-electron chi connectivity index (χ0n) is 15.8. The maximum Gasteiger partial charge on any atom is 0.225 e. The van der Waals surface area contributed by atoms with Gasteiger partial charge in [0.1, 0.15) is 12.4 Å². The molecule has 25 heavy (non-hydrogen) atoms. The van der Waals surface area contributed by atoms with E-state index in [0.717, 1.165) is 5.75 Å². The Morgan fingerprint density at radius 3 is 2.56 bits per heavy atom. The first-order valence-corrected chi connectivity index (χ1v) is 9.11. The number of benzene rings is 1. The van der Waals surface area contributed by atoms with Gasteiger partial charge in [0.25, 0.3) is 0 Å². The highest BCUT2D eigenvalue weighted by atomic mass is 16.5. The first-order chi connectivity index (χ1) is 11.9. The summed E-state index contributed by atoms with van der Waals surface area (Å²) in [5, 5.41) is 9.86. The molecule has 140 valence electrons. The lowest BCUT2D eigenvalue weighted by Crippen LogP contribution is -2.43. The molecule has 2 rings (SSSR count). The number of methoxy groups -OCH3 is 1. The molecule has 0 bridgehead atoms. The highest BCUT2D eigenvalue weighted by Crippen LogP contribution is 2.27. The third kappa shape index (κ3) is 5.44. The first kappa shape index (κ1) is 19.7. The molecule has 0 unspecified atom stereocenters. The van der Waals surface area contributed by atoms with Crippen molar-refractivity contribution in [3.63, 3.8) is 0 Å². The fraction of sp³-hybridized carbons (Fsp3) is 0.650. The van der Waals surface area contributed by atoms with Crippen molar-refractivity contribution < 1.29 is 19.4 Å². The lowest BCUT2D eigenvalue weighted by atomic mass is 9.84. The zero-order chi connectivity index (χ0) is 18.4. The van der Waals surface area contributed by atoms with E-state index in [1.165, 1.54) is 5.56 Å². The molecule has 0 aromatic heterocycles. The maximum atomic E-state index is 12.6. The van der Waals surface area contributed by atoms with Gasteiger partial charge in [-0.2, -0.15) is 0 Å². The van der Waals surface area contributed by atoms with Gasteiger partial charge in [0.2, 0.25) is 5.91 Å². The molecule has 1 aromatic rings. The van der Waals surface area contributed by atoms with Crippen LogP contribution in [0.2, 0.25) is 0 Å². The normalized spacial score (nSPS) is 23.5. The van der Waals surface area contributed by atoms with Crippen LogP contribution in [0.15, 0.2) is 24.3 Å². The minimum absolute atomic E-state index is 0.0799. The predicted molar refractivity (Wildman–Crippen MR) is 97.8 cm³/mol. The summed E-state index contributed by atoms with van der Waals surface area (Å²) >= 11 is 0. The minimum Gasteiger partial charge on any atom is -0.492 e. The van der Waals surface area contributed by atoms with Gasteiger partial charge in [-0.1, -0.05) is 26.0 Å². The van der Waals surface area contributed by atoms with Crippen LogP contribution in [0.25, 0.3) is 0 Å². The average Bonchev–Trinajstić information content (AvgIpc) is 2.61. The van der Waals surface area contributed by atoms with Crippen LogP contribution in [0.4, 0.5) is 0 Å². The number of nitrogens with zero attached hydrogens (tertiary/aromatic N) is 1. The number of aliphatic hydroxyl groups excluding tert-OH is 1. The molecule has 0 radical (unpaired) electrons. The van der Waals surface area contributed by atoms with Crippen molar-refractivity contribution in [1.82, 2.24) is 4.90 Å². The van der Waals surface area contributed by atoms with Gasteiger partial charge in [-0.3, -0.25) is 4.79 Å². The molecular weight excluding hydrogens is 318 g/mol. The van der Waals surface area contributed by atoms with Crippen molar-refractivity contribution >= 4 is 5.91 Å². The summed E-state index contributed by atoms with van der Waals surface area (Å²) < 4.78 is 11.0. The average molecular weight is 349 g/mol. The molecule has 1 aliphatic rings. The largest absolute Gasteiger partial charge is 0.492 e. The molecule has 1 saturated carbocycles. The Balaban J connectivity index is 1.77. The van der Waals surface area contributed by atoms with Crippen LogP contribution < -0.4 is 4.74 Å². The molecule has 3 atom stereocenters. The van der Waals surface area contributed by atoms with E-state index >= 15 is 0 Å². The second kappa shape index (κ2) is 9.20. The number of carbonyl (C=O) groups excluding carboxylic acids is 1. The van der Waals surface area contributed by atoms with Crippen LogP contribution in [-0.4, -0.2) is 55.4 Å². The molecule has 1 fully saturated rings.